The van der Waals surface area contributed by atoms with Crippen molar-refractivity contribution in [2.45, 2.75) is 6.92 Å². The van der Waals surface area contributed by atoms with E-state index in [1.165, 1.54) is 5.56 Å². The summed E-state index contributed by atoms with van der Waals surface area (Å²) in [5.74, 6) is 0.834. The van der Waals surface area contributed by atoms with Crippen molar-refractivity contribution in [3.63, 3.8) is 0 Å². The third-order valence-corrected chi connectivity index (χ3v) is 2.07. The van der Waals surface area contributed by atoms with Gasteiger partial charge in [-0.3, -0.25) is 0 Å². The highest BCUT2D eigenvalue weighted by Gasteiger charge is 1.96. The summed E-state index contributed by atoms with van der Waals surface area (Å²) in [4.78, 5) is 4.21. The highest BCUT2D eigenvalue weighted by atomic mass is 15.0. The van der Waals surface area contributed by atoms with Gasteiger partial charge in [0.05, 0.1) is 0 Å². The number of benzene rings is 1. The van der Waals surface area contributed by atoms with Crippen LogP contribution in [0.3, 0.4) is 0 Å². The first-order valence-corrected chi connectivity index (χ1v) is 4.79. The Kier molecular flexibility index (Phi) is 2.54. The molecule has 3 heteroatoms. The van der Waals surface area contributed by atoms with E-state index in [9.17, 15) is 0 Å². The summed E-state index contributed by atoms with van der Waals surface area (Å²) in [7, 11) is 0. The van der Waals surface area contributed by atoms with Crippen molar-refractivity contribution in [2.24, 2.45) is 0 Å². The van der Waals surface area contributed by atoms with Crippen LogP contribution in [0.1, 0.15) is 5.56 Å². The second kappa shape index (κ2) is 4.00. The molecular formula is C12H13N3. The molecule has 1 heterocycles. The summed E-state index contributed by atoms with van der Waals surface area (Å²) in [6.07, 6.45) is 1.78. The lowest BCUT2D eigenvalue weighted by atomic mass is 10.2. The van der Waals surface area contributed by atoms with Gasteiger partial charge >= 0.3 is 0 Å². The van der Waals surface area contributed by atoms with E-state index >= 15 is 0 Å². The molecule has 3 nitrogen and oxygen atoms in total. The van der Waals surface area contributed by atoms with Crippen LogP contribution in [0, 0.1) is 6.92 Å². The van der Waals surface area contributed by atoms with Gasteiger partial charge in [-0.2, -0.15) is 0 Å². The number of nitrogen functional groups attached to an aromatic ring is 1. The Morgan fingerprint density at radius 2 is 2.07 bits per heavy atom. The second-order valence-corrected chi connectivity index (χ2v) is 3.47. The van der Waals surface area contributed by atoms with Crippen molar-refractivity contribution in [3.05, 3.63) is 48.2 Å². The van der Waals surface area contributed by atoms with Crippen molar-refractivity contribution < 1.29 is 0 Å². The van der Waals surface area contributed by atoms with Crippen LogP contribution in [0.2, 0.25) is 0 Å². The minimum atomic E-state index is 0.743. The van der Waals surface area contributed by atoms with Crippen LogP contribution >= 0.6 is 0 Å². The van der Waals surface area contributed by atoms with Gasteiger partial charge in [-0.25, -0.2) is 4.98 Å². The molecule has 1 aromatic heterocycles. The summed E-state index contributed by atoms with van der Waals surface area (Å²) >= 11 is 0. The van der Waals surface area contributed by atoms with E-state index in [-0.39, 0.29) is 0 Å². The zero-order valence-electron chi connectivity index (χ0n) is 8.57. The molecule has 0 fully saturated rings. The molecule has 1 aromatic carbocycles. The first-order chi connectivity index (χ1) is 7.24. The molecule has 0 spiro atoms. The van der Waals surface area contributed by atoms with E-state index < -0.39 is 0 Å². The van der Waals surface area contributed by atoms with Crippen molar-refractivity contribution >= 4 is 17.2 Å². The summed E-state index contributed by atoms with van der Waals surface area (Å²) in [6, 6.07) is 11.6. The van der Waals surface area contributed by atoms with Crippen molar-refractivity contribution in [2.75, 3.05) is 11.1 Å². The Bertz CT molecular complexity index is 422. The Labute approximate surface area is 89.0 Å². The van der Waals surface area contributed by atoms with E-state index in [1.54, 1.807) is 6.20 Å². The second-order valence-electron chi connectivity index (χ2n) is 3.47. The molecule has 0 aliphatic rings. The van der Waals surface area contributed by atoms with Crippen molar-refractivity contribution in [1.29, 1.82) is 0 Å². The first kappa shape index (κ1) is 9.52. The molecule has 0 unspecified atom stereocenters. The normalized spacial score (nSPS) is 9.93. The van der Waals surface area contributed by atoms with Gasteiger partial charge in [-0.1, -0.05) is 6.07 Å². The lowest BCUT2D eigenvalue weighted by Crippen LogP contribution is -1.94. The lowest BCUT2D eigenvalue weighted by molar-refractivity contribution is 1.27. The van der Waals surface area contributed by atoms with Gasteiger partial charge in [0.2, 0.25) is 0 Å². The number of nitrogens with two attached hydrogens (primary N) is 1. The molecular weight excluding hydrogens is 186 g/mol. The van der Waals surface area contributed by atoms with Gasteiger partial charge in [0.25, 0.3) is 0 Å². The Morgan fingerprint density at radius 1 is 1.20 bits per heavy atom. The number of nitrogens with zero attached hydrogens (tertiary/aromatic N) is 1. The number of aryl methyl sites for hydroxylation is 1. The van der Waals surface area contributed by atoms with Crippen LogP contribution in [0.4, 0.5) is 17.2 Å². The van der Waals surface area contributed by atoms with Crippen LogP contribution < -0.4 is 11.1 Å². The van der Waals surface area contributed by atoms with Gasteiger partial charge in [0, 0.05) is 17.6 Å². The molecule has 0 amide bonds. The van der Waals surface area contributed by atoms with Crippen LogP contribution in [0.15, 0.2) is 42.6 Å². The number of aromatic nitrogens is 1. The minimum absolute atomic E-state index is 0.743. The minimum Gasteiger partial charge on any atom is -0.399 e. The number of anilines is 3. The third kappa shape index (κ3) is 2.47. The van der Waals surface area contributed by atoms with Gasteiger partial charge < -0.3 is 11.1 Å². The zero-order chi connectivity index (χ0) is 10.7. The molecule has 0 radical (unpaired) electrons. The number of nitrogens with one attached hydrogen (secondary N) is 1. The first-order valence-electron chi connectivity index (χ1n) is 4.79. The Hall–Kier alpha value is -2.03. The SMILES string of the molecule is Cc1ccnc(Nc2cccc(N)c2)c1. The quantitative estimate of drug-likeness (QED) is 0.731. The summed E-state index contributed by atoms with van der Waals surface area (Å²) in [5, 5.41) is 3.19. The van der Waals surface area contributed by atoms with Crippen LogP contribution in [0.25, 0.3) is 0 Å². The van der Waals surface area contributed by atoms with Crippen LogP contribution in [0.5, 0.6) is 0 Å². The molecule has 0 aliphatic heterocycles. The standard InChI is InChI=1S/C12H13N3/c1-9-5-6-14-12(7-9)15-11-4-2-3-10(13)8-11/h2-8H,13H2,1H3,(H,14,15). The molecule has 0 atom stereocenters. The molecule has 0 aliphatic carbocycles. The molecule has 76 valence electrons. The molecule has 0 saturated carbocycles. The maximum atomic E-state index is 5.68. The molecule has 0 saturated heterocycles. The lowest BCUT2D eigenvalue weighted by Gasteiger charge is -2.06. The predicted molar refractivity (Wildman–Crippen MR) is 63.1 cm³/mol. The van der Waals surface area contributed by atoms with Crippen molar-refractivity contribution in [3.8, 4) is 0 Å². The zero-order valence-corrected chi connectivity index (χ0v) is 8.57. The smallest absolute Gasteiger partial charge is 0.130 e. The molecule has 15 heavy (non-hydrogen) atoms. The predicted octanol–water partition coefficient (Wildman–Crippen LogP) is 2.72. The fourth-order valence-corrected chi connectivity index (χ4v) is 1.37. The average molecular weight is 199 g/mol. The molecule has 2 aromatic rings. The number of hydrogen-bond donors (Lipinski definition) is 2. The maximum Gasteiger partial charge on any atom is 0.130 e. The van der Waals surface area contributed by atoms with E-state index in [1.807, 2.05) is 43.3 Å². The molecule has 3 N–H and O–H groups in total. The Balaban J connectivity index is 2.22. The van der Waals surface area contributed by atoms with Crippen LogP contribution in [-0.2, 0) is 0 Å². The topological polar surface area (TPSA) is 50.9 Å². The number of pyridine rings is 1. The Morgan fingerprint density at radius 3 is 2.80 bits per heavy atom. The van der Waals surface area contributed by atoms with E-state index in [2.05, 4.69) is 10.3 Å². The van der Waals surface area contributed by atoms with Gasteiger partial charge in [-0.05, 0) is 42.8 Å². The fourth-order valence-electron chi connectivity index (χ4n) is 1.37. The monoisotopic (exact) mass is 199 g/mol. The van der Waals surface area contributed by atoms with Gasteiger partial charge in [-0.15, -0.1) is 0 Å². The highest BCUT2D eigenvalue weighted by Crippen LogP contribution is 2.17. The fraction of sp³-hybridized carbons (Fsp3) is 0.0833. The molecule has 2 rings (SSSR count). The van der Waals surface area contributed by atoms with E-state index in [0.717, 1.165) is 17.2 Å². The highest BCUT2D eigenvalue weighted by molar-refractivity contribution is 5.61. The summed E-state index contributed by atoms with van der Waals surface area (Å²) in [6.45, 7) is 2.03. The van der Waals surface area contributed by atoms with Crippen LogP contribution in [-0.4, -0.2) is 4.98 Å². The summed E-state index contributed by atoms with van der Waals surface area (Å²) in [5.41, 5.74) is 8.55. The average Bonchev–Trinajstić information content (AvgIpc) is 2.17. The largest absolute Gasteiger partial charge is 0.399 e. The van der Waals surface area contributed by atoms with Gasteiger partial charge in [0.15, 0.2) is 0 Å². The van der Waals surface area contributed by atoms with E-state index in [4.69, 9.17) is 5.73 Å². The van der Waals surface area contributed by atoms with Gasteiger partial charge in [0.1, 0.15) is 5.82 Å². The van der Waals surface area contributed by atoms with Crippen molar-refractivity contribution in [1.82, 2.24) is 4.98 Å². The third-order valence-electron chi connectivity index (χ3n) is 2.07. The molecule has 0 bridgehead atoms. The number of hydrogen-bond acceptors (Lipinski definition) is 3. The van der Waals surface area contributed by atoms with E-state index in [0.29, 0.717) is 0 Å². The maximum absolute atomic E-state index is 5.68. The summed E-state index contributed by atoms with van der Waals surface area (Å²) < 4.78 is 0. The number of rotatable bonds is 2.